The van der Waals surface area contributed by atoms with E-state index < -0.39 is 0 Å². The molecule has 0 N–H and O–H groups in total. The second kappa shape index (κ2) is 7.21. The Labute approximate surface area is 158 Å². The van der Waals surface area contributed by atoms with Crippen LogP contribution in [0.4, 0.5) is 0 Å². The molecule has 4 heterocycles. The van der Waals surface area contributed by atoms with Crippen LogP contribution in [0, 0.1) is 0 Å². The zero-order valence-corrected chi connectivity index (χ0v) is 15.4. The molecule has 0 amide bonds. The Bertz CT molecular complexity index is 931. The topological polar surface area (TPSA) is 42.2 Å². The van der Waals surface area contributed by atoms with Crippen molar-refractivity contribution >= 4 is 5.65 Å². The average molecular weight is 364 g/mol. The highest BCUT2D eigenvalue weighted by Crippen LogP contribution is 2.31. The van der Waals surface area contributed by atoms with Crippen molar-refractivity contribution in [2.75, 3.05) is 39.4 Å². The van der Waals surface area contributed by atoms with Crippen molar-refractivity contribution in [3.63, 3.8) is 0 Å². The molecule has 0 aliphatic carbocycles. The first-order valence-corrected chi connectivity index (χ1v) is 9.59. The second-order valence-corrected chi connectivity index (χ2v) is 7.20. The molecular weight excluding hydrogens is 340 g/mol. The Kier molecular flexibility index (Phi) is 4.43. The maximum atomic E-state index is 5.71. The molecule has 2 aromatic heterocycles. The van der Waals surface area contributed by atoms with Crippen molar-refractivity contribution in [3.8, 4) is 11.5 Å². The van der Waals surface area contributed by atoms with Gasteiger partial charge in [0.1, 0.15) is 18.9 Å². The van der Waals surface area contributed by atoms with Gasteiger partial charge >= 0.3 is 0 Å². The standard InChI is InChI=1S/C21H24N4O2/c1-2-18(25-7-6-22-21(25)3-1)16-24-10-8-23(9-11-24)15-17-4-5-19-20(14-17)27-13-12-26-19/h1-7,14H,8-13,15-16H2. The summed E-state index contributed by atoms with van der Waals surface area (Å²) in [6.45, 7) is 7.51. The second-order valence-electron chi connectivity index (χ2n) is 7.20. The zero-order valence-electron chi connectivity index (χ0n) is 15.4. The summed E-state index contributed by atoms with van der Waals surface area (Å²) in [5.74, 6) is 1.74. The first-order chi connectivity index (χ1) is 13.3. The molecule has 0 unspecified atom stereocenters. The van der Waals surface area contributed by atoms with Gasteiger partial charge in [-0.3, -0.25) is 9.80 Å². The van der Waals surface area contributed by atoms with E-state index in [2.05, 4.69) is 49.5 Å². The Morgan fingerprint density at radius 3 is 2.48 bits per heavy atom. The Morgan fingerprint density at radius 2 is 1.63 bits per heavy atom. The summed E-state index contributed by atoms with van der Waals surface area (Å²) in [5.41, 5.74) is 3.60. The summed E-state index contributed by atoms with van der Waals surface area (Å²) in [5, 5.41) is 0. The van der Waals surface area contributed by atoms with Crippen LogP contribution in [0.3, 0.4) is 0 Å². The van der Waals surface area contributed by atoms with E-state index in [1.807, 2.05) is 18.5 Å². The predicted octanol–water partition coefficient (Wildman–Crippen LogP) is 2.42. The number of imidazole rings is 1. The number of rotatable bonds is 4. The summed E-state index contributed by atoms with van der Waals surface area (Å²) in [7, 11) is 0. The van der Waals surface area contributed by atoms with Gasteiger partial charge in [-0.2, -0.15) is 0 Å². The lowest BCUT2D eigenvalue weighted by Gasteiger charge is -2.35. The number of benzene rings is 1. The van der Waals surface area contributed by atoms with Crippen LogP contribution in [0.25, 0.3) is 5.65 Å². The smallest absolute Gasteiger partial charge is 0.161 e. The molecule has 0 atom stereocenters. The molecule has 5 rings (SSSR count). The molecule has 0 spiro atoms. The van der Waals surface area contributed by atoms with Crippen LogP contribution in [0.15, 0.2) is 48.8 Å². The lowest BCUT2D eigenvalue weighted by molar-refractivity contribution is 0.120. The highest BCUT2D eigenvalue weighted by Gasteiger charge is 2.19. The fourth-order valence-electron chi connectivity index (χ4n) is 3.91. The highest BCUT2D eigenvalue weighted by molar-refractivity contribution is 5.43. The number of nitrogens with zero attached hydrogens (tertiary/aromatic N) is 4. The van der Waals surface area contributed by atoms with Crippen LogP contribution in [-0.4, -0.2) is 58.6 Å². The molecule has 1 fully saturated rings. The molecule has 6 nitrogen and oxygen atoms in total. The molecule has 1 aromatic carbocycles. The molecule has 0 bridgehead atoms. The summed E-state index contributed by atoms with van der Waals surface area (Å²) < 4.78 is 13.5. The van der Waals surface area contributed by atoms with Gasteiger partial charge < -0.3 is 13.9 Å². The minimum Gasteiger partial charge on any atom is -0.486 e. The molecule has 2 aliphatic heterocycles. The first kappa shape index (κ1) is 16.6. The molecule has 0 saturated carbocycles. The van der Waals surface area contributed by atoms with Gasteiger partial charge in [0, 0.05) is 57.4 Å². The van der Waals surface area contributed by atoms with E-state index in [0.717, 1.165) is 56.4 Å². The minimum atomic E-state index is 0.638. The van der Waals surface area contributed by atoms with Crippen molar-refractivity contribution in [2.45, 2.75) is 13.1 Å². The molecule has 27 heavy (non-hydrogen) atoms. The van der Waals surface area contributed by atoms with Crippen LogP contribution in [0.5, 0.6) is 11.5 Å². The van der Waals surface area contributed by atoms with Crippen LogP contribution in [-0.2, 0) is 13.1 Å². The first-order valence-electron chi connectivity index (χ1n) is 9.59. The Morgan fingerprint density at radius 1 is 0.852 bits per heavy atom. The third-order valence-corrected chi connectivity index (χ3v) is 5.38. The normalized spacial score (nSPS) is 18.1. The van der Waals surface area contributed by atoms with Crippen molar-refractivity contribution in [1.29, 1.82) is 0 Å². The van der Waals surface area contributed by atoms with Gasteiger partial charge in [-0.1, -0.05) is 12.1 Å². The fourth-order valence-corrected chi connectivity index (χ4v) is 3.91. The Balaban J connectivity index is 1.19. The van der Waals surface area contributed by atoms with Crippen LogP contribution in [0.2, 0.25) is 0 Å². The van der Waals surface area contributed by atoms with Crippen LogP contribution < -0.4 is 9.47 Å². The monoisotopic (exact) mass is 364 g/mol. The quantitative estimate of drug-likeness (QED) is 0.711. The summed E-state index contributed by atoms with van der Waals surface area (Å²) in [4.78, 5) is 9.42. The molecule has 2 aliphatic rings. The number of fused-ring (bicyclic) bond motifs is 2. The van der Waals surface area contributed by atoms with E-state index in [1.165, 1.54) is 11.3 Å². The van der Waals surface area contributed by atoms with Crippen molar-refractivity contribution < 1.29 is 9.47 Å². The fraction of sp³-hybridized carbons (Fsp3) is 0.381. The number of pyridine rings is 1. The van der Waals surface area contributed by atoms with Crippen molar-refractivity contribution in [2.24, 2.45) is 0 Å². The predicted molar refractivity (Wildman–Crippen MR) is 103 cm³/mol. The number of hydrogen-bond donors (Lipinski definition) is 0. The van der Waals surface area contributed by atoms with Gasteiger partial charge in [-0.15, -0.1) is 0 Å². The molecule has 6 heteroatoms. The third-order valence-electron chi connectivity index (χ3n) is 5.38. The zero-order chi connectivity index (χ0) is 18.1. The van der Waals surface area contributed by atoms with E-state index in [9.17, 15) is 0 Å². The molecule has 0 radical (unpaired) electrons. The molecule has 140 valence electrons. The summed E-state index contributed by atoms with van der Waals surface area (Å²) in [6, 6.07) is 12.6. The van der Waals surface area contributed by atoms with Crippen molar-refractivity contribution in [3.05, 3.63) is 60.0 Å². The Hall–Kier alpha value is -2.57. The van der Waals surface area contributed by atoms with Crippen LogP contribution >= 0.6 is 0 Å². The van der Waals surface area contributed by atoms with Crippen LogP contribution in [0.1, 0.15) is 11.3 Å². The van der Waals surface area contributed by atoms with E-state index in [-0.39, 0.29) is 0 Å². The van der Waals surface area contributed by atoms with Crippen molar-refractivity contribution in [1.82, 2.24) is 19.2 Å². The van der Waals surface area contributed by atoms with Gasteiger partial charge in [0.2, 0.25) is 0 Å². The maximum Gasteiger partial charge on any atom is 0.161 e. The SMILES string of the molecule is c1cc(CN2CCN(Cc3ccc4c(c3)OCCO4)CC2)n2ccnc2c1. The van der Waals surface area contributed by atoms with Gasteiger partial charge in [0.25, 0.3) is 0 Å². The number of ether oxygens (including phenoxy) is 2. The minimum absolute atomic E-state index is 0.638. The lowest BCUT2D eigenvalue weighted by Crippen LogP contribution is -2.45. The van der Waals surface area contributed by atoms with Gasteiger partial charge in [-0.05, 0) is 29.8 Å². The lowest BCUT2D eigenvalue weighted by atomic mass is 10.1. The molecular formula is C21H24N4O2. The van der Waals surface area contributed by atoms with Gasteiger partial charge in [0.05, 0.1) is 0 Å². The van der Waals surface area contributed by atoms with E-state index >= 15 is 0 Å². The number of hydrogen-bond acceptors (Lipinski definition) is 5. The largest absolute Gasteiger partial charge is 0.486 e. The molecule has 3 aromatic rings. The van der Waals surface area contributed by atoms with E-state index in [4.69, 9.17) is 9.47 Å². The number of aromatic nitrogens is 2. The molecule has 1 saturated heterocycles. The average Bonchev–Trinajstić information content (AvgIpc) is 3.19. The third kappa shape index (κ3) is 3.50. The summed E-state index contributed by atoms with van der Waals surface area (Å²) >= 11 is 0. The highest BCUT2D eigenvalue weighted by atomic mass is 16.6. The number of piperazine rings is 1. The van der Waals surface area contributed by atoms with Gasteiger partial charge in [0.15, 0.2) is 11.5 Å². The van der Waals surface area contributed by atoms with E-state index in [0.29, 0.717) is 13.2 Å². The summed E-state index contributed by atoms with van der Waals surface area (Å²) in [6.07, 6.45) is 3.91. The van der Waals surface area contributed by atoms with Gasteiger partial charge in [-0.25, -0.2) is 4.98 Å². The van der Waals surface area contributed by atoms with E-state index in [1.54, 1.807) is 0 Å². The maximum absolute atomic E-state index is 5.71.